The van der Waals surface area contributed by atoms with Gasteiger partial charge >= 0.3 is 0 Å². The minimum atomic E-state index is 0.773. The molecule has 0 aromatic carbocycles. The van der Waals surface area contributed by atoms with E-state index in [1.165, 1.54) is 12.0 Å². The van der Waals surface area contributed by atoms with Gasteiger partial charge in [-0.1, -0.05) is 13.8 Å². The molecule has 1 fully saturated rings. The lowest BCUT2D eigenvalue weighted by Gasteiger charge is -2.36. The van der Waals surface area contributed by atoms with Gasteiger partial charge < -0.3 is 4.90 Å². The van der Waals surface area contributed by atoms with Crippen molar-refractivity contribution in [2.45, 2.75) is 27.2 Å². The molecule has 1 aromatic rings. The Bertz CT molecular complexity index is 368. The second-order valence-electron chi connectivity index (χ2n) is 5.14. The molecule has 0 spiro atoms. The lowest BCUT2D eigenvalue weighted by Crippen LogP contribution is -2.39. The van der Waals surface area contributed by atoms with Crippen LogP contribution in [-0.2, 0) is 0 Å². The van der Waals surface area contributed by atoms with Gasteiger partial charge in [-0.25, -0.2) is 4.98 Å². The molecular formula is C13H19BrN2. The number of hydrogen-bond donors (Lipinski definition) is 0. The van der Waals surface area contributed by atoms with Crippen LogP contribution >= 0.6 is 15.9 Å². The van der Waals surface area contributed by atoms with Gasteiger partial charge in [0.1, 0.15) is 5.82 Å². The molecule has 0 bridgehead atoms. The first-order chi connectivity index (χ1) is 7.56. The molecule has 2 atom stereocenters. The van der Waals surface area contributed by atoms with E-state index in [4.69, 9.17) is 0 Å². The molecule has 2 nitrogen and oxygen atoms in total. The van der Waals surface area contributed by atoms with Crippen LogP contribution in [0.1, 0.15) is 25.8 Å². The third-order valence-corrected chi connectivity index (χ3v) is 4.06. The molecule has 0 aliphatic carbocycles. The summed E-state index contributed by atoms with van der Waals surface area (Å²) >= 11 is 3.50. The van der Waals surface area contributed by atoms with E-state index in [0.29, 0.717) is 0 Å². The van der Waals surface area contributed by atoms with E-state index in [1.54, 1.807) is 0 Å². The summed E-state index contributed by atoms with van der Waals surface area (Å²) in [5.74, 6) is 2.67. The predicted molar refractivity (Wildman–Crippen MR) is 71.8 cm³/mol. The summed E-state index contributed by atoms with van der Waals surface area (Å²) in [5.41, 5.74) is 1.26. The van der Waals surface area contributed by atoms with Gasteiger partial charge in [0.05, 0.1) is 0 Å². The average Bonchev–Trinajstić information content (AvgIpc) is 2.20. The third kappa shape index (κ3) is 2.57. The molecule has 88 valence electrons. The average molecular weight is 283 g/mol. The van der Waals surface area contributed by atoms with Crippen molar-refractivity contribution in [1.29, 1.82) is 0 Å². The molecule has 3 heteroatoms. The molecular weight excluding hydrogens is 264 g/mol. The van der Waals surface area contributed by atoms with Crippen molar-refractivity contribution in [1.82, 2.24) is 4.98 Å². The predicted octanol–water partition coefficient (Wildman–Crippen LogP) is 3.63. The molecule has 0 radical (unpaired) electrons. The Morgan fingerprint density at radius 2 is 1.94 bits per heavy atom. The van der Waals surface area contributed by atoms with E-state index < -0.39 is 0 Å². The number of pyridine rings is 1. The van der Waals surface area contributed by atoms with Gasteiger partial charge in [-0.2, -0.15) is 0 Å². The first-order valence-electron chi connectivity index (χ1n) is 5.93. The zero-order chi connectivity index (χ0) is 11.7. The summed E-state index contributed by atoms with van der Waals surface area (Å²) in [6.07, 6.45) is 3.25. The Balaban J connectivity index is 2.19. The lowest BCUT2D eigenvalue weighted by molar-refractivity contribution is 0.355. The van der Waals surface area contributed by atoms with E-state index >= 15 is 0 Å². The fraction of sp³-hybridized carbons (Fsp3) is 0.615. The van der Waals surface area contributed by atoms with Crippen LogP contribution in [0.5, 0.6) is 0 Å². The van der Waals surface area contributed by atoms with Gasteiger partial charge in [0.2, 0.25) is 0 Å². The maximum Gasteiger partial charge on any atom is 0.128 e. The van der Waals surface area contributed by atoms with Crippen LogP contribution in [0.4, 0.5) is 5.82 Å². The van der Waals surface area contributed by atoms with E-state index in [1.807, 2.05) is 6.20 Å². The molecule has 2 unspecified atom stereocenters. The number of hydrogen-bond acceptors (Lipinski definition) is 2. The Morgan fingerprint density at radius 3 is 2.50 bits per heavy atom. The highest BCUT2D eigenvalue weighted by molar-refractivity contribution is 9.10. The maximum absolute atomic E-state index is 4.51. The molecule has 2 heterocycles. The van der Waals surface area contributed by atoms with Crippen LogP contribution in [0.25, 0.3) is 0 Å². The Hall–Kier alpha value is -0.570. The summed E-state index contributed by atoms with van der Waals surface area (Å²) < 4.78 is 1.09. The Labute approximate surface area is 106 Å². The summed E-state index contributed by atoms with van der Waals surface area (Å²) in [4.78, 5) is 6.93. The van der Waals surface area contributed by atoms with Crippen molar-refractivity contribution >= 4 is 21.7 Å². The first kappa shape index (κ1) is 11.9. The molecule has 1 aromatic heterocycles. The molecule has 16 heavy (non-hydrogen) atoms. The maximum atomic E-state index is 4.51. The summed E-state index contributed by atoms with van der Waals surface area (Å²) in [6.45, 7) is 9.05. The topological polar surface area (TPSA) is 16.1 Å². The highest BCUT2D eigenvalue weighted by Crippen LogP contribution is 2.26. The minimum Gasteiger partial charge on any atom is -0.356 e. The normalized spacial score (nSPS) is 25.9. The first-order valence-corrected chi connectivity index (χ1v) is 6.72. The second kappa shape index (κ2) is 4.74. The van der Waals surface area contributed by atoms with E-state index in [9.17, 15) is 0 Å². The third-order valence-electron chi connectivity index (χ3n) is 3.23. The minimum absolute atomic E-state index is 0.773. The second-order valence-corrected chi connectivity index (χ2v) is 6.00. The standard InChI is InChI=1S/C13H19BrN2/c1-9-4-10(2)8-16(7-9)13-5-11(3)12(14)6-15-13/h5-6,9-10H,4,7-8H2,1-3H3. The zero-order valence-corrected chi connectivity index (χ0v) is 11.8. The highest BCUT2D eigenvalue weighted by Gasteiger charge is 2.22. The molecule has 0 amide bonds. The van der Waals surface area contributed by atoms with Crippen molar-refractivity contribution in [3.8, 4) is 0 Å². The van der Waals surface area contributed by atoms with Crippen molar-refractivity contribution < 1.29 is 0 Å². The summed E-state index contributed by atoms with van der Waals surface area (Å²) in [7, 11) is 0. The zero-order valence-electron chi connectivity index (χ0n) is 10.2. The molecule has 1 aliphatic rings. The van der Waals surface area contributed by atoms with Crippen LogP contribution in [0, 0.1) is 18.8 Å². The lowest BCUT2D eigenvalue weighted by atomic mass is 9.92. The van der Waals surface area contributed by atoms with Crippen LogP contribution in [-0.4, -0.2) is 18.1 Å². The number of halogens is 1. The highest BCUT2D eigenvalue weighted by atomic mass is 79.9. The van der Waals surface area contributed by atoms with Crippen molar-refractivity contribution in [3.05, 3.63) is 22.3 Å². The summed E-state index contributed by atoms with van der Waals surface area (Å²) in [6, 6.07) is 2.18. The van der Waals surface area contributed by atoms with Gasteiger partial charge in [-0.05, 0) is 52.7 Å². The van der Waals surface area contributed by atoms with Crippen LogP contribution in [0.15, 0.2) is 16.7 Å². The SMILES string of the molecule is Cc1cc(N2CC(C)CC(C)C2)ncc1Br. The van der Waals surface area contributed by atoms with Crippen LogP contribution < -0.4 is 4.90 Å². The fourth-order valence-corrected chi connectivity index (χ4v) is 2.76. The van der Waals surface area contributed by atoms with E-state index in [2.05, 4.69) is 52.7 Å². The van der Waals surface area contributed by atoms with Crippen molar-refractivity contribution in [3.63, 3.8) is 0 Å². The van der Waals surface area contributed by atoms with Gasteiger partial charge in [0.15, 0.2) is 0 Å². The Kier molecular flexibility index (Phi) is 3.53. The number of aryl methyl sites for hydroxylation is 1. The van der Waals surface area contributed by atoms with E-state index in [-0.39, 0.29) is 0 Å². The fourth-order valence-electron chi connectivity index (χ4n) is 2.55. The van der Waals surface area contributed by atoms with Crippen molar-refractivity contribution in [2.75, 3.05) is 18.0 Å². The number of rotatable bonds is 1. The van der Waals surface area contributed by atoms with Crippen LogP contribution in [0.2, 0.25) is 0 Å². The van der Waals surface area contributed by atoms with Gasteiger partial charge in [0.25, 0.3) is 0 Å². The Morgan fingerprint density at radius 1 is 1.31 bits per heavy atom. The molecule has 0 saturated carbocycles. The quantitative estimate of drug-likeness (QED) is 0.782. The molecule has 1 saturated heterocycles. The number of aromatic nitrogens is 1. The number of anilines is 1. The van der Waals surface area contributed by atoms with Gasteiger partial charge in [-0.15, -0.1) is 0 Å². The molecule has 2 rings (SSSR count). The molecule has 0 N–H and O–H groups in total. The number of piperidine rings is 1. The van der Waals surface area contributed by atoms with Crippen molar-refractivity contribution in [2.24, 2.45) is 11.8 Å². The number of nitrogens with zero attached hydrogens (tertiary/aromatic N) is 2. The van der Waals surface area contributed by atoms with Gasteiger partial charge in [-0.3, -0.25) is 0 Å². The van der Waals surface area contributed by atoms with Gasteiger partial charge in [0, 0.05) is 23.8 Å². The smallest absolute Gasteiger partial charge is 0.128 e. The largest absolute Gasteiger partial charge is 0.356 e. The van der Waals surface area contributed by atoms with Crippen LogP contribution in [0.3, 0.4) is 0 Å². The van der Waals surface area contributed by atoms with E-state index in [0.717, 1.165) is 35.2 Å². The summed E-state index contributed by atoms with van der Waals surface area (Å²) in [5, 5.41) is 0. The monoisotopic (exact) mass is 282 g/mol. The molecule has 1 aliphatic heterocycles.